The zero-order chi connectivity index (χ0) is 26.7. The maximum Gasteiger partial charge on any atom is 0.249 e. The Morgan fingerprint density at radius 3 is 2.59 bits per heavy atom. The van der Waals surface area contributed by atoms with Crippen molar-refractivity contribution in [2.24, 2.45) is 0 Å². The Kier molecular flexibility index (Phi) is 5.68. The van der Waals surface area contributed by atoms with Crippen molar-refractivity contribution >= 4 is 33.6 Å². The standard InChI is InChI=1S/C28H24F2N6O3/c1-2-17-20(29)5-6-21-23(17)18(11-22(37)32-21)25-24(30)26-19(12-31-25)27(36-13-15-3-4-16(14-36)39-15)34-28(33-26)35-7-9-38-10-8-35/h1,5-6,11-12,15-16H,3-4,7-10,13-14H2,(H,32,37)/t15-,16+. The third-order valence-corrected chi connectivity index (χ3v) is 7.65. The van der Waals surface area contributed by atoms with Crippen molar-refractivity contribution in [2.45, 2.75) is 25.0 Å². The minimum atomic E-state index is -0.735. The van der Waals surface area contributed by atoms with Crippen molar-refractivity contribution in [3.05, 3.63) is 51.9 Å². The van der Waals surface area contributed by atoms with Crippen molar-refractivity contribution in [3.8, 4) is 23.6 Å². The van der Waals surface area contributed by atoms with Crippen LogP contribution in [0, 0.1) is 24.0 Å². The van der Waals surface area contributed by atoms with E-state index in [2.05, 4.69) is 25.8 Å². The molecule has 6 heterocycles. The van der Waals surface area contributed by atoms with Gasteiger partial charge in [-0.25, -0.2) is 13.8 Å². The van der Waals surface area contributed by atoms with Gasteiger partial charge in [0.25, 0.3) is 0 Å². The predicted octanol–water partition coefficient (Wildman–Crippen LogP) is 3.00. The molecule has 4 aromatic rings. The van der Waals surface area contributed by atoms with Gasteiger partial charge in [0.2, 0.25) is 11.5 Å². The SMILES string of the molecule is C#Cc1c(F)ccc2[nH]c(=O)cc(-c3ncc4c(N5C[C@H]6CC[C@@H](C5)O6)nc(N5CCOCC5)nc4c3F)c12. The highest BCUT2D eigenvalue weighted by Gasteiger charge is 2.36. The van der Waals surface area contributed by atoms with Crippen molar-refractivity contribution in [1.82, 2.24) is 19.9 Å². The lowest BCUT2D eigenvalue weighted by atomic mass is 9.99. The first kappa shape index (κ1) is 23.9. The largest absolute Gasteiger partial charge is 0.378 e. The Bertz CT molecular complexity index is 1720. The molecule has 0 radical (unpaired) electrons. The van der Waals surface area contributed by atoms with Gasteiger partial charge < -0.3 is 24.3 Å². The van der Waals surface area contributed by atoms with Gasteiger partial charge in [0.05, 0.1) is 41.9 Å². The molecular weight excluding hydrogens is 506 g/mol. The van der Waals surface area contributed by atoms with E-state index in [0.717, 1.165) is 12.8 Å². The number of halogens is 2. The van der Waals surface area contributed by atoms with E-state index in [9.17, 15) is 9.18 Å². The highest BCUT2D eigenvalue weighted by Crippen LogP contribution is 2.37. The van der Waals surface area contributed by atoms with Gasteiger partial charge in [-0.2, -0.15) is 4.98 Å². The molecule has 11 heteroatoms. The second-order valence-electron chi connectivity index (χ2n) is 10.0. The number of hydrogen-bond donors (Lipinski definition) is 1. The number of rotatable bonds is 3. The van der Waals surface area contributed by atoms with Gasteiger partial charge in [-0.05, 0) is 25.0 Å². The summed E-state index contributed by atoms with van der Waals surface area (Å²) in [7, 11) is 0. The summed E-state index contributed by atoms with van der Waals surface area (Å²) < 4.78 is 42.7. The number of aromatic amines is 1. The fourth-order valence-corrected chi connectivity index (χ4v) is 5.81. The van der Waals surface area contributed by atoms with Crippen LogP contribution in [-0.2, 0) is 9.47 Å². The Hall–Kier alpha value is -4.14. The third-order valence-electron chi connectivity index (χ3n) is 7.65. The maximum absolute atomic E-state index is 16.5. The number of morpholine rings is 2. The molecule has 1 N–H and O–H groups in total. The van der Waals surface area contributed by atoms with E-state index in [0.29, 0.717) is 56.5 Å². The van der Waals surface area contributed by atoms with Gasteiger partial charge in [0.1, 0.15) is 22.8 Å². The Morgan fingerprint density at radius 1 is 1.08 bits per heavy atom. The number of terminal acetylenes is 1. The van der Waals surface area contributed by atoms with Crippen molar-refractivity contribution < 1.29 is 18.3 Å². The molecular formula is C28H24F2N6O3. The van der Waals surface area contributed by atoms with Crippen LogP contribution in [0.15, 0.2) is 29.2 Å². The summed E-state index contributed by atoms with van der Waals surface area (Å²) >= 11 is 0. The van der Waals surface area contributed by atoms with Crippen LogP contribution in [0.5, 0.6) is 0 Å². The van der Waals surface area contributed by atoms with Gasteiger partial charge >= 0.3 is 0 Å². The number of anilines is 2. The first-order valence-electron chi connectivity index (χ1n) is 12.9. The topological polar surface area (TPSA) is 96.5 Å². The van der Waals surface area contributed by atoms with Crippen LogP contribution in [0.3, 0.4) is 0 Å². The molecule has 3 aliphatic heterocycles. The average molecular weight is 531 g/mol. The number of benzene rings is 1. The predicted molar refractivity (Wildman–Crippen MR) is 142 cm³/mol. The first-order chi connectivity index (χ1) is 19.0. The number of aromatic nitrogens is 4. The fraction of sp³-hybridized carbons (Fsp3) is 0.357. The van der Waals surface area contributed by atoms with E-state index in [-0.39, 0.29) is 45.4 Å². The van der Waals surface area contributed by atoms with Gasteiger partial charge in [0, 0.05) is 49.4 Å². The van der Waals surface area contributed by atoms with Crippen LogP contribution >= 0.6 is 0 Å². The number of nitrogens with zero attached hydrogens (tertiary/aromatic N) is 5. The molecule has 0 unspecified atom stereocenters. The Balaban J connectivity index is 1.47. The summed E-state index contributed by atoms with van der Waals surface area (Å²) in [6.07, 6.45) is 9.27. The molecule has 3 aromatic heterocycles. The van der Waals surface area contributed by atoms with E-state index >= 15 is 4.39 Å². The summed E-state index contributed by atoms with van der Waals surface area (Å²) in [5, 5.41) is 0.655. The number of ether oxygens (including phenoxy) is 2. The number of H-pyrrole nitrogens is 1. The van der Waals surface area contributed by atoms with Gasteiger partial charge in [-0.3, -0.25) is 9.78 Å². The molecule has 2 bridgehead atoms. The highest BCUT2D eigenvalue weighted by atomic mass is 19.1. The summed E-state index contributed by atoms with van der Waals surface area (Å²) in [6.45, 7) is 3.45. The fourth-order valence-electron chi connectivity index (χ4n) is 5.81. The van der Waals surface area contributed by atoms with Crippen LogP contribution in [0.4, 0.5) is 20.5 Å². The minimum absolute atomic E-state index is 0.0671. The molecule has 0 spiro atoms. The van der Waals surface area contributed by atoms with E-state index in [4.69, 9.17) is 20.9 Å². The molecule has 0 saturated carbocycles. The molecule has 2 atom stereocenters. The smallest absolute Gasteiger partial charge is 0.249 e. The molecule has 9 nitrogen and oxygen atoms in total. The number of nitrogens with one attached hydrogen (secondary N) is 1. The van der Waals surface area contributed by atoms with Crippen molar-refractivity contribution in [3.63, 3.8) is 0 Å². The molecule has 0 amide bonds. The molecule has 0 aliphatic carbocycles. The highest BCUT2D eigenvalue weighted by molar-refractivity contribution is 6.00. The Labute approximate surface area is 221 Å². The van der Waals surface area contributed by atoms with Crippen molar-refractivity contribution in [2.75, 3.05) is 49.2 Å². The summed E-state index contributed by atoms with van der Waals surface area (Å²) in [5.41, 5.74) is -0.263. The zero-order valence-corrected chi connectivity index (χ0v) is 20.9. The van der Waals surface area contributed by atoms with Gasteiger partial charge in [0.15, 0.2) is 5.82 Å². The van der Waals surface area contributed by atoms with E-state index < -0.39 is 17.2 Å². The first-order valence-corrected chi connectivity index (χ1v) is 12.9. The third kappa shape index (κ3) is 3.99. The number of fused-ring (bicyclic) bond motifs is 4. The number of hydrogen-bond acceptors (Lipinski definition) is 8. The van der Waals surface area contributed by atoms with E-state index in [1.54, 1.807) is 0 Å². The molecule has 3 fully saturated rings. The summed E-state index contributed by atoms with van der Waals surface area (Å²) in [6, 6.07) is 3.76. The van der Waals surface area contributed by atoms with Gasteiger partial charge in [-0.1, -0.05) is 5.92 Å². The van der Waals surface area contributed by atoms with Crippen LogP contribution in [0.2, 0.25) is 0 Å². The molecule has 198 valence electrons. The van der Waals surface area contributed by atoms with Crippen LogP contribution < -0.4 is 15.4 Å². The van der Waals surface area contributed by atoms with E-state index in [1.807, 2.05) is 4.90 Å². The van der Waals surface area contributed by atoms with Crippen LogP contribution in [0.1, 0.15) is 18.4 Å². The lowest BCUT2D eigenvalue weighted by Gasteiger charge is -2.34. The minimum Gasteiger partial charge on any atom is -0.378 e. The molecule has 1 aromatic carbocycles. The van der Waals surface area contributed by atoms with Crippen molar-refractivity contribution in [1.29, 1.82) is 0 Å². The molecule has 39 heavy (non-hydrogen) atoms. The van der Waals surface area contributed by atoms with Gasteiger partial charge in [-0.15, -0.1) is 6.42 Å². The second kappa shape index (κ2) is 9.25. The number of pyridine rings is 2. The van der Waals surface area contributed by atoms with E-state index in [1.165, 1.54) is 24.4 Å². The zero-order valence-electron chi connectivity index (χ0n) is 20.9. The average Bonchev–Trinajstić information content (AvgIpc) is 3.30. The van der Waals surface area contributed by atoms with Crippen LogP contribution in [0.25, 0.3) is 33.1 Å². The summed E-state index contributed by atoms with van der Waals surface area (Å²) in [4.78, 5) is 33.2. The lowest BCUT2D eigenvalue weighted by Crippen LogP contribution is -2.43. The molecule has 7 rings (SSSR count). The second-order valence-corrected chi connectivity index (χ2v) is 10.0. The monoisotopic (exact) mass is 530 g/mol. The molecule has 3 saturated heterocycles. The molecule has 3 aliphatic rings. The van der Waals surface area contributed by atoms with Crippen LogP contribution in [-0.4, -0.2) is 71.5 Å². The summed E-state index contributed by atoms with van der Waals surface area (Å²) in [5.74, 6) is 1.92. The maximum atomic E-state index is 16.5. The Morgan fingerprint density at radius 2 is 1.85 bits per heavy atom. The lowest BCUT2D eigenvalue weighted by molar-refractivity contribution is 0.0303. The quantitative estimate of drug-likeness (QED) is 0.404. The normalized spacial score (nSPS) is 21.1.